The SMILES string of the molecule is CCCCCCCc1ccc(-c2ccc(C3CCC(CCCCCCC)CC3)cc2)nc1C#N. The Morgan fingerprint density at radius 1 is 0.765 bits per heavy atom. The molecule has 184 valence electrons. The Labute approximate surface area is 209 Å². The molecule has 0 unspecified atom stereocenters. The zero-order chi connectivity index (χ0) is 24.0. The first-order valence-corrected chi connectivity index (χ1v) is 14.3. The van der Waals surface area contributed by atoms with Crippen LogP contribution in [0.2, 0.25) is 0 Å². The molecule has 1 heterocycles. The van der Waals surface area contributed by atoms with Gasteiger partial charge in [-0.3, -0.25) is 0 Å². The molecule has 1 aliphatic rings. The number of benzene rings is 1. The van der Waals surface area contributed by atoms with Crippen LogP contribution >= 0.6 is 0 Å². The molecule has 2 aromatic rings. The van der Waals surface area contributed by atoms with Crippen LogP contribution in [0.3, 0.4) is 0 Å². The summed E-state index contributed by atoms with van der Waals surface area (Å²) >= 11 is 0. The Morgan fingerprint density at radius 3 is 2.06 bits per heavy atom. The van der Waals surface area contributed by atoms with E-state index in [2.05, 4.69) is 56.3 Å². The fraction of sp³-hybridized carbons (Fsp3) is 0.625. The van der Waals surface area contributed by atoms with Crippen molar-refractivity contribution in [3.8, 4) is 17.3 Å². The molecule has 2 nitrogen and oxygen atoms in total. The highest BCUT2D eigenvalue weighted by Crippen LogP contribution is 2.38. The summed E-state index contributed by atoms with van der Waals surface area (Å²) in [6.45, 7) is 4.53. The van der Waals surface area contributed by atoms with Crippen LogP contribution in [0.25, 0.3) is 11.3 Å². The van der Waals surface area contributed by atoms with Crippen LogP contribution in [-0.4, -0.2) is 4.98 Å². The van der Waals surface area contributed by atoms with Gasteiger partial charge in [0.1, 0.15) is 11.8 Å². The second-order valence-corrected chi connectivity index (χ2v) is 10.5. The number of unbranched alkanes of at least 4 members (excludes halogenated alkanes) is 8. The molecule has 1 fully saturated rings. The monoisotopic (exact) mass is 458 g/mol. The predicted octanol–water partition coefficient (Wildman–Crippen LogP) is 9.77. The summed E-state index contributed by atoms with van der Waals surface area (Å²) in [6.07, 6.45) is 21.1. The van der Waals surface area contributed by atoms with Crippen molar-refractivity contribution < 1.29 is 0 Å². The molecule has 1 aromatic heterocycles. The third-order valence-corrected chi connectivity index (χ3v) is 7.87. The van der Waals surface area contributed by atoms with E-state index in [0.717, 1.165) is 35.6 Å². The van der Waals surface area contributed by atoms with Gasteiger partial charge in [-0.2, -0.15) is 5.26 Å². The van der Waals surface area contributed by atoms with E-state index in [1.165, 1.54) is 95.5 Å². The van der Waals surface area contributed by atoms with Gasteiger partial charge in [0, 0.05) is 5.56 Å². The summed E-state index contributed by atoms with van der Waals surface area (Å²) in [7, 11) is 0. The van der Waals surface area contributed by atoms with Crippen molar-refractivity contribution in [2.75, 3.05) is 0 Å². The van der Waals surface area contributed by atoms with Gasteiger partial charge in [-0.1, -0.05) is 108 Å². The second-order valence-electron chi connectivity index (χ2n) is 10.5. The Bertz CT molecular complexity index is 869. The summed E-state index contributed by atoms with van der Waals surface area (Å²) in [5, 5.41) is 9.65. The minimum Gasteiger partial charge on any atom is -0.237 e. The quantitative estimate of drug-likeness (QED) is 0.264. The maximum Gasteiger partial charge on any atom is 0.144 e. The van der Waals surface area contributed by atoms with Crippen molar-refractivity contribution in [3.63, 3.8) is 0 Å². The lowest BCUT2D eigenvalue weighted by Gasteiger charge is -2.29. The lowest BCUT2D eigenvalue weighted by Crippen LogP contribution is -2.13. The number of hydrogen-bond acceptors (Lipinski definition) is 2. The number of nitriles is 1. The molecular formula is C32H46N2. The second kappa shape index (κ2) is 15.0. The number of nitrogens with zero attached hydrogens (tertiary/aromatic N) is 2. The van der Waals surface area contributed by atoms with Crippen LogP contribution in [0.15, 0.2) is 36.4 Å². The minimum absolute atomic E-state index is 0.602. The lowest BCUT2D eigenvalue weighted by atomic mass is 9.77. The van der Waals surface area contributed by atoms with Crippen molar-refractivity contribution in [3.05, 3.63) is 53.2 Å². The zero-order valence-corrected chi connectivity index (χ0v) is 21.8. The molecule has 0 saturated heterocycles. The highest BCUT2D eigenvalue weighted by molar-refractivity contribution is 5.61. The summed E-state index contributed by atoms with van der Waals surface area (Å²) in [5.41, 5.74) is 5.22. The molecule has 0 radical (unpaired) electrons. The summed E-state index contributed by atoms with van der Waals surface area (Å²) in [6, 6.07) is 15.6. The van der Waals surface area contributed by atoms with Crippen molar-refractivity contribution >= 4 is 0 Å². The van der Waals surface area contributed by atoms with Gasteiger partial charge in [0.25, 0.3) is 0 Å². The van der Waals surface area contributed by atoms with Gasteiger partial charge < -0.3 is 0 Å². The average Bonchev–Trinajstić information content (AvgIpc) is 2.89. The molecule has 1 aromatic carbocycles. The number of hydrogen-bond donors (Lipinski definition) is 0. The van der Waals surface area contributed by atoms with Crippen LogP contribution in [-0.2, 0) is 6.42 Å². The third kappa shape index (κ3) is 8.26. The summed E-state index contributed by atoms with van der Waals surface area (Å²) in [4.78, 5) is 4.71. The van der Waals surface area contributed by atoms with E-state index in [-0.39, 0.29) is 0 Å². The van der Waals surface area contributed by atoms with E-state index in [9.17, 15) is 5.26 Å². The molecule has 0 aliphatic heterocycles. The van der Waals surface area contributed by atoms with E-state index >= 15 is 0 Å². The molecule has 3 rings (SSSR count). The average molecular weight is 459 g/mol. The van der Waals surface area contributed by atoms with Gasteiger partial charge in [0.2, 0.25) is 0 Å². The number of pyridine rings is 1. The third-order valence-electron chi connectivity index (χ3n) is 7.87. The maximum atomic E-state index is 9.65. The first-order chi connectivity index (χ1) is 16.7. The molecule has 34 heavy (non-hydrogen) atoms. The first-order valence-electron chi connectivity index (χ1n) is 14.3. The smallest absolute Gasteiger partial charge is 0.144 e. The molecule has 0 spiro atoms. The van der Waals surface area contributed by atoms with E-state index in [4.69, 9.17) is 4.98 Å². The Kier molecular flexibility index (Phi) is 11.7. The topological polar surface area (TPSA) is 36.7 Å². The molecule has 2 heteroatoms. The predicted molar refractivity (Wildman–Crippen MR) is 145 cm³/mol. The molecule has 0 amide bonds. The van der Waals surface area contributed by atoms with Crippen LogP contribution in [0.5, 0.6) is 0 Å². The maximum absolute atomic E-state index is 9.65. The molecule has 0 atom stereocenters. The largest absolute Gasteiger partial charge is 0.237 e. The standard InChI is InChI=1S/C32H46N2/c1-3-5-7-9-11-13-26-15-17-27(18-16-26)28-19-21-30(22-20-28)31-24-23-29(32(25-33)34-31)14-12-10-8-6-4-2/h19-24,26-27H,3-18H2,1-2H3. The fourth-order valence-electron chi connectivity index (χ4n) is 5.61. The van der Waals surface area contributed by atoms with Crippen molar-refractivity contribution in [1.82, 2.24) is 4.98 Å². The summed E-state index contributed by atoms with van der Waals surface area (Å²) in [5.74, 6) is 1.67. The van der Waals surface area contributed by atoms with Crippen molar-refractivity contribution in [2.24, 2.45) is 5.92 Å². The molecule has 1 aliphatic carbocycles. The van der Waals surface area contributed by atoms with E-state index in [1.54, 1.807) is 0 Å². The Balaban J connectivity index is 1.50. The van der Waals surface area contributed by atoms with Gasteiger partial charge in [-0.15, -0.1) is 0 Å². The number of rotatable bonds is 14. The normalized spacial score (nSPS) is 18.0. The van der Waals surface area contributed by atoms with Crippen LogP contribution in [0.4, 0.5) is 0 Å². The first kappa shape index (κ1) is 26.5. The van der Waals surface area contributed by atoms with Gasteiger partial charge >= 0.3 is 0 Å². The fourth-order valence-corrected chi connectivity index (χ4v) is 5.61. The van der Waals surface area contributed by atoms with Gasteiger partial charge in [-0.25, -0.2) is 4.98 Å². The van der Waals surface area contributed by atoms with E-state index < -0.39 is 0 Å². The molecule has 0 N–H and O–H groups in total. The van der Waals surface area contributed by atoms with E-state index in [1.807, 2.05) is 0 Å². The molecular weight excluding hydrogens is 412 g/mol. The highest BCUT2D eigenvalue weighted by Gasteiger charge is 2.22. The lowest BCUT2D eigenvalue weighted by molar-refractivity contribution is 0.302. The van der Waals surface area contributed by atoms with Gasteiger partial charge in [0.05, 0.1) is 5.69 Å². The molecule has 0 bridgehead atoms. The van der Waals surface area contributed by atoms with Gasteiger partial charge in [-0.05, 0) is 67.6 Å². The Hall–Kier alpha value is -2.14. The van der Waals surface area contributed by atoms with Crippen molar-refractivity contribution in [2.45, 2.75) is 122 Å². The minimum atomic E-state index is 0.602. The van der Waals surface area contributed by atoms with E-state index in [0.29, 0.717) is 11.6 Å². The Morgan fingerprint density at radius 2 is 1.41 bits per heavy atom. The van der Waals surface area contributed by atoms with Gasteiger partial charge in [0.15, 0.2) is 0 Å². The zero-order valence-electron chi connectivity index (χ0n) is 21.8. The number of aryl methyl sites for hydroxylation is 1. The highest BCUT2D eigenvalue weighted by atomic mass is 14.7. The number of aromatic nitrogens is 1. The molecule has 1 saturated carbocycles. The van der Waals surface area contributed by atoms with Crippen LogP contribution in [0.1, 0.15) is 133 Å². The van der Waals surface area contributed by atoms with Crippen LogP contribution in [0, 0.1) is 17.2 Å². The van der Waals surface area contributed by atoms with Crippen molar-refractivity contribution in [1.29, 1.82) is 5.26 Å². The summed E-state index contributed by atoms with van der Waals surface area (Å²) < 4.78 is 0. The van der Waals surface area contributed by atoms with Crippen LogP contribution < -0.4 is 0 Å².